The van der Waals surface area contributed by atoms with E-state index in [2.05, 4.69) is 5.32 Å². The standard InChI is InChI=1S/C13H18N2O3/c1-9-6-4-5-7-11(9)14-12(16)8-15(3)10(2)13(17)18/h4-7,10H,8H2,1-3H3,(H,14,16)(H,17,18). The Balaban J connectivity index is 2.57. The summed E-state index contributed by atoms with van der Waals surface area (Å²) in [6.07, 6.45) is 0. The van der Waals surface area contributed by atoms with Crippen molar-refractivity contribution in [2.24, 2.45) is 0 Å². The van der Waals surface area contributed by atoms with Crippen molar-refractivity contribution in [3.63, 3.8) is 0 Å². The molecular weight excluding hydrogens is 232 g/mol. The predicted molar refractivity (Wildman–Crippen MR) is 69.5 cm³/mol. The van der Waals surface area contributed by atoms with Gasteiger partial charge in [-0.15, -0.1) is 0 Å². The summed E-state index contributed by atoms with van der Waals surface area (Å²) in [5.74, 6) is -1.17. The molecule has 2 N–H and O–H groups in total. The molecule has 0 aliphatic rings. The van der Waals surface area contributed by atoms with Crippen LogP contribution in [0, 0.1) is 6.92 Å². The van der Waals surface area contributed by atoms with E-state index in [1.807, 2.05) is 31.2 Å². The van der Waals surface area contributed by atoms with Crippen molar-refractivity contribution in [3.8, 4) is 0 Å². The highest BCUT2D eigenvalue weighted by molar-refractivity contribution is 5.93. The van der Waals surface area contributed by atoms with Gasteiger partial charge in [0.05, 0.1) is 6.54 Å². The number of rotatable bonds is 5. The van der Waals surface area contributed by atoms with Gasteiger partial charge >= 0.3 is 5.97 Å². The maximum Gasteiger partial charge on any atom is 0.320 e. The molecule has 1 amide bonds. The fraction of sp³-hybridized carbons (Fsp3) is 0.385. The largest absolute Gasteiger partial charge is 0.480 e. The molecule has 1 atom stereocenters. The number of amides is 1. The average Bonchev–Trinajstić information content (AvgIpc) is 2.30. The van der Waals surface area contributed by atoms with Gasteiger partial charge in [0.2, 0.25) is 5.91 Å². The van der Waals surface area contributed by atoms with E-state index in [4.69, 9.17) is 5.11 Å². The molecule has 0 spiro atoms. The van der Waals surface area contributed by atoms with Gasteiger partial charge in [-0.05, 0) is 32.5 Å². The van der Waals surface area contributed by atoms with Crippen LogP contribution in [0.3, 0.4) is 0 Å². The van der Waals surface area contributed by atoms with Gasteiger partial charge in [-0.3, -0.25) is 14.5 Å². The summed E-state index contributed by atoms with van der Waals surface area (Å²) in [6.45, 7) is 3.49. The number of carboxylic acid groups (broad SMARTS) is 1. The summed E-state index contributed by atoms with van der Waals surface area (Å²) in [5, 5.41) is 11.6. The number of para-hydroxylation sites is 1. The second kappa shape index (κ2) is 6.16. The van der Waals surface area contributed by atoms with Crippen molar-refractivity contribution in [3.05, 3.63) is 29.8 Å². The van der Waals surface area contributed by atoms with Crippen LogP contribution < -0.4 is 5.32 Å². The number of carboxylic acids is 1. The number of anilines is 1. The maximum absolute atomic E-state index is 11.8. The number of carbonyl (C=O) groups is 2. The number of benzene rings is 1. The van der Waals surface area contributed by atoms with E-state index in [1.165, 1.54) is 4.90 Å². The molecule has 1 aromatic rings. The molecule has 1 unspecified atom stereocenters. The number of hydrogen-bond donors (Lipinski definition) is 2. The number of aliphatic carboxylic acids is 1. The Labute approximate surface area is 106 Å². The summed E-state index contributed by atoms with van der Waals surface area (Å²) in [5.41, 5.74) is 1.72. The van der Waals surface area contributed by atoms with Crippen molar-refractivity contribution >= 4 is 17.6 Å². The number of likely N-dealkylation sites (N-methyl/N-ethyl adjacent to an activating group) is 1. The van der Waals surface area contributed by atoms with E-state index in [0.29, 0.717) is 0 Å². The number of hydrogen-bond acceptors (Lipinski definition) is 3. The van der Waals surface area contributed by atoms with Crippen LogP contribution in [0.4, 0.5) is 5.69 Å². The van der Waals surface area contributed by atoms with E-state index in [-0.39, 0.29) is 12.5 Å². The van der Waals surface area contributed by atoms with Gasteiger partial charge in [0.15, 0.2) is 0 Å². The second-order valence-corrected chi connectivity index (χ2v) is 4.29. The van der Waals surface area contributed by atoms with Crippen molar-refractivity contribution in [2.75, 3.05) is 18.9 Å². The lowest BCUT2D eigenvalue weighted by Crippen LogP contribution is -2.40. The van der Waals surface area contributed by atoms with E-state index >= 15 is 0 Å². The zero-order valence-electron chi connectivity index (χ0n) is 10.8. The highest BCUT2D eigenvalue weighted by atomic mass is 16.4. The first-order valence-corrected chi connectivity index (χ1v) is 5.70. The average molecular weight is 250 g/mol. The topological polar surface area (TPSA) is 69.6 Å². The molecule has 0 aliphatic heterocycles. The maximum atomic E-state index is 11.8. The van der Waals surface area contributed by atoms with E-state index in [0.717, 1.165) is 11.3 Å². The quantitative estimate of drug-likeness (QED) is 0.827. The smallest absolute Gasteiger partial charge is 0.320 e. The van der Waals surface area contributed by atoms with Crippen LogP contribution >= 0.6 is 0 Å². The third kappa shape index (κ3) is 3.85. The molecule has 0 fully saturated rings. The molecule has 0 heterocycles. The van der Waals surface area contributed by atoms with Gasteiger partial charge in [-0.25, -0.2) is 0 Å². The van der Waals surface area contributed by atoms with Crippen LogP contribution in [0.25, 0.3) is 0 Å². The Kier molecular flexibility index (Phi) is 4.85. The van der Waals surface area contributed by atoms with Crippen molar-refractivity contribution in [1.82, 2.24) is 4.90 Å². The van der Waals surface area contributed by atoms with E-state index in [9.17, 15) is 9.59 Å². The van der Waals surface area contributed by atoms with Gasteiger partial charge in [0, 0.05) is 5.69 Å². The summed E-state index contributed by atoms with van der Waals surface area (Å²) in [7, 11) is 1.61. The molecule has 18 heavy (non-hydrogen) atoms. The number of nitrogens with one attached hydrogen (secondary N) is 1. The van der Waals surface area contributed by atoms with Crippen LogP contribution in [-0.2, 0) is 9.59 Å². The van der Waals surface area contributed by atoms with Gasteiger partial charge in [0.1, 0.15) is 6.04 Å². The van der Waals surface area contributed by atoms with E-state index < -0.39 is 12.0 Å². The molecule has 0 saturated carbocycles. The molecule has 0 bridgehead atoms. The molecule has 0 aromatic heterocycles. The Hall–Kier alpha value is -1.88. The summed E-state index contributed by atoms with van der Waals surface area (Å²) >= 11 is 0. The monoisotopic (exact) mass is 250 g/mol. The first-order valence-electron chi connectivity index (χ1n) is 5.70. The summed E-state index contributed by atoms with van der Waals surface area (Å²) in [6, 6.07) is 6.76. The van der Waals surface area contributed by atoms with Crippen molar-refractivity contribution in [1.29, 1.82) is 0 Å². The van der Waals surface area contributed by atoms with Gasteiger partial charge in [-0.2, -0.15) is 0 Å². The molecule has 98 valence electrons. The molecule has 5 heteroatoms. The number of carbonyl (C=O) groups excluding carboxylic acids is 1. The van der Waals surface area contributed by atoms with Crippen molar-refractivity contribution < 1.29 is 14.7 Å². The summed E-state index contributed by atoms with van der Waals surface area (Å²) in [4.78, 5) is 24.0. The molecule has 0 saturated heterocycles. The van der Waals surface area contributed by atoms with Crippen LogP contribution in [0.1, 0.15) is 12.5 Å². The zero-order chi connectivity index (χ0) is 13.7. The highest BCUT2D eigenvalue weighted by Gasteiger charge is 2.19. The lowest BCUT2D eigenvalue weighted by molar-refractivity contribution is -0.142. The molecule has 1 rings (SSSR count). The normalized spacial score (nSPS) is 12.2. The van der Waals surface area contributed by atoms with Crippen LogP contribution in [0.2, 0.25) is 0 Å². The van der Waals surface area contributed by atoms with Gasteiger partial charge in [-0.1, -0.05) is 18.2 Å². The fourth-order valence-electron chi connectivity index (χ4n) is 1.45. The Morgan fingerprint density at radius 2 is 2.00 bits per heavy atom. The number of aryl methyl sites for hydroxylation is 1. The molecule has 0 radical (unpaired) electrons. The molecule has 0 aliphatic carbocycles. The first-order chi connectivity index (χ1) is 8.41. The lowest BCUT2D eigenvalue weighted by atomic mass is 10.2. The minimum Gasteiger partial charge on any atom is -0.480 e. The minimum atomic E-state index is -0.943. The van der Waals surface area contributed by atoms with Crippen LogP contribution in [-0.4, -0.2) is 41.5 Å². The highest BCUT2D eigenvalue weighted by Crippen LogP contribution is 2.12. The Bertz CT molecular complexity index is 446. The Morgan fingerprint density at radius 3 is 2.56 bits per heavy atom. The van der Waals surface area contributed by atoms with Crippen LogP contribution in [0.15, 0.2) is 24.3 Å². The van der Waals surface area contributed by atoms with Gasteiger partial charge < -0.3 is 10.4 Å². The van der Waals surface area contributed by atoms with Crippen molar-refractivity contribution in [2.45, 2.75) is 19.9 Å². The molecular formula is C13H18N2O3. The lowest BCUT2D eigenvalue weighted by Gasteiger charge is -2.20. The zero-order valence-corrected chi connectivity index (χ0v) is 10.8. The van der Waals surface area contributed by atoms with E-state index in [1.54, 1.807) is 14.0 Å². The third-order valence-corrected chi connectivity index (χ3v) is 2.83. The third-order valence-electron chi connectivity index (χ3n) is 2.83. The molecule has 5 nitrogen and oxygen atoms in total. The van der Waals surface area contributed by atoms with Crippen LogP contribution in [0.5, 0.6) is 0 Å². The SMILES string of the molecule is Cc1ccccc1NC(=O)CN(C)C(C)C(=O)O. The minimum absolute atomic E-state index is 0.0435. The molecule has 1 aromatic carbocycles. The Morgan fingerprint density at radius 1 is 1.39 bits per heavy atom. The summed E-state index contributed by atoms with van der Waals surface area (Å²) < 4.78 is 0. The van der Waals surface area contributed by atoms with Gasteiger partial charge in [0.25, 0.3) is 0 Å². The fourth-order valence-corrected chi connectivity index (χ4v) is 1.45. The first kappa shape index (κ1) is 14.2. The second-order valence-electron chi connectivity index (χ2n) is 4.29. The number of nitrogens with zero attached hydrogens (tertiary/aromatic N) is 1. The predicted octanol–water partition coefficient (Wildman–Crippen LogP) is 1.34.